The lowest BCUT2D eigenvalue weighted by Crippen LogP contribution is -2.21. The van der Waals surface area contributed by atoms with Crippen LogP contribution in [-0.2, 0) is 4.79 Å². The number of amides is 1. The van der Waals surface area contributed by atoms with Crippen LogP contribution in [0.25, 0.3) is 22.4 Å². The second-order valence-electron chi connectivity index (χ2n) is 5.93. The highest BCUT2D eigenvalue weighted by Gasteiger charge is 2.19. The second-order valence-corrected chi connectivity index (χ2v) is 5.93. The summed E-state index contributed by atoms with van der Waals surface area (Å²) in [6.07, 6.45) is 1.25. The first-order chi connectivity index (χ1) is 14.2. The summed E-state index contributed by atoms with van der Waals surface area (Å²) in [7, 11) is 1.52. The maximum absolute atomic E-state index is 13.2. The molecule has 0 aliphatic carbocycles. The van der Waals surface area contributed by atoms with Gasteiger partial charge in [-0.3, -0.25) is 4.79 Å². The molecule has 1 amide bonds. The Morgan fingerprint density at radius 2 is 1.93 bits per heavy atom. The number of carbonyl (C=O) groups is 1. The number of nitrogens with one attached hydrogen (secondary N) is 1. The Hall–Kier alpha value is -4.01. The molecule has 29 heavy (non-hydrogen) atoms. The van der Waals surface area contributed by atoms with E-state index in [1.54, 1.807) is 36.4 Å². The molecule has 0 fully saturated rings. The molecule has 0 aliphatic rings. The number of halogens is 1. The van der Waals surface area contributed by atoms with Crippen molar-refractivity contribution in [1.29, 1.82) is 0 Å². The third-order valence-corrected chi connectivity index (χ3v) is 4.08. The van der Waals surface area contributed by atoms with Crippen LogP contribution in [0.15, 0.2) is 59.4 Å². The van der Waals surface area contributed by atoms with Crippen molar-refractivity contribution in [3.05, 3.63) is 60.7 Å². The van der Waals surface area contributed by atoms with Crippen molar-refractivity contribution in [1.82, 2.24) is 15.1 Å². The van der Waals surface area contributed by atoms with Crippen LogP contribution in [0.4, 0.5) is 10.1 Å². The Bertz CT molecular complexity index is 1160. The van der Waals surface area contributed by atoms with E-state index in [4.69, 9.17) is 14.0 Å². The summed E-state index contributed by atoms with van der Waals surface area (Å²) in [6, 6.07) is 12.7. The van der Waals surface area contributed by atoms with Crippen molar-refractivity contribution in [3.63, 3.8) is 0 Å². The predicted octanol–water partition coefficient (Wildman–Crippen LogP) is 3.45. The second kappa shape index (κ2) is 7.93. The first-order valence-corrected chi connectivity index (χ1v) is 8.57. The summed E-state index contributed by atoms with van der Waals surface area (Å²) in [5.74, 6) is -0.114. The fourth-order valence-electron chi connectivity index (χ4n) is 2.74. The summed E-state index contributed by atoms with van der Waals surface area (Å²) in [4.78, 5) is 20.4. The quantitative estimate of drug-likeness (QED) is 0.535. The van der Waals surface area contributed by atoms with Gasteiger partial charge in [-0.25, -0.2) is 9.37 Å². The van der Waals surface area contributed by atoms with Crippen molar-refractivity contribution in [2.24, 2.45) is 0 Å². The van der Waals surface area contributed by atoms with E-state index < -0.39 is 5.91 Å². The first-order valence-electron chi connectivity index (χ1n) is 8.57. The molecule has 0 aliphatic heterocycles. The number of hydrogen-bond donors (Lipinski definition) is 1. The number of methoxy groups -OCH3 is 1. The number of nitrogens with zero attached hydrogens (tertiary/aromatic N) is 3. The fraction of sp³-hybridized carbons (Fsp3) is 0.100. The molecule has 8 nitrogen and oxygen atoms in total. The van der Waals surface area contributed by atoms with Crippen molar-refractivity contribution >= 4 is 22.7 Å². The Morgan fingerprint density at radius 3 is 2.72 bits per heavy atom. The van der Waals surface area contributed by atoms with Gasteiger partial charge in [-0.15, -0.1) is 0 Å². The molecule has 0 saturated carbocycles. The minimum atomic E-state index is -0.402. The smallest absolute Gasteiger partial charge is 0.265 e. The van der Waals surface area contributed by atoms with E-state index in [0.29, 0.717) is 28.1 Å². The molecule has 146 valence electrons. The summed E-state index contributed by atoms with van der Waals surface area (Å²) in [5, 5.41) is 7.08. The normalized spacial score (nSPS) is 10.7. The zero-order chi connectivity index (χ0) is 20.2. The van der Waals surface area contributed by atoms with Crippen LogP contribution in [0.3, 0.4) is 0 Å². The van der Waals surface area contributed by atoms with Gasteiger partial charge < -0.3 is 19.3 Å². The highest BCUT2D eigenvalue weighted by atomic mass is 19.1. The number of benzene rings is 2. The monoisotopic (exact) mass is 394 g/mol. The van der Waals surface area contributed by atoms with E-state index in [9.17, 15) is 9.18 Å². The number of anilines is 1. The van der Waals surface area contributed by atoms with Crippen LogP contribution in [0.1, 0.15) is 0 Å². The number of para-hydroxylation sites is 2. The summed E-state index contributed by atoms with van der Waals surface area (Å²) in [6.45, 7) is -0.307. The molecule has 0 saturated heterocycles. The van der Waals surface area contributed by atoms with Gasteiger partial charge in [0.15, 0.2) is 6.61 Å². The van der Waals surface area contributed by atoms with E-state index >= 15 is 0 Å². The van der Waals surface area contributed by atoms with Crippen molar-refractivity contribution in [3.8, 4) is 22.9 Å². The number of ether oxygens (including phenoxy) is 2. The molecule has 0 bridgehead atoms. The van der Waals surface area contributed by atoms with Gasteiger partial charge in [0.2, 0.25) is 5.88 Å². The SMILES string of the molecule is COc1ccccc1NC(=O)COc1ncnc2onc(-c3ccc(F)cc3)c12. The van der Waals surface area contributed by atoms with Crippen LogP contribution in [0, 0.1) is 5.82 Å². The molecule has 0 unspecified atom stereocenters. The number of carbonyl (C=O) groups excluding carboxylic acids is 1. The Balaban J connectivity index is 1.56. The highest BCUT2D eigenvalue weighted by Crippen LogP contribution is 2.32. The molecule has 0 spiro atoms. The molecular weight excluding hydrogens is 379 g/mol. The van der Waals surface area contributed by atoms with Gasteiger partial charge in [0.05, 0.1) is 12.8 Å². The number of fused-ring (bicyclic) bond motifs is 1. The zero-order valence-electron chi connectivity index (χ0n) is 15.3. The summed E-state index contributed by atoms with van der Waals surface area (Å²) < 4.78 is 29.2. The van der Waals surface area contributed by atoms with E-state index in [0.717, 1.165) is 0 Å². The molecule has 4 aromatic rings. The topological polar surface area (TPSA) is 99.4 Å². The number of rotatable bonds is 6. The Kier molecular flexibility index (Phi) is 5.02. The van der Waals surface area contributed by atoms with Gasteiger partial charge in [-0.2, -0.15) is 4.98 Å². The number of hydrogen-bond acceptors (Lipinski definition) is 7. The molecule has 4 rings (SSSR count). The molecule has 2 aromatic heterocycles. The molecule has 0 radical (unpaired) electrons. The molecule has 2 aromatic carbocycles. The van der Waals surface area contributed by atoms with Gasteiger partial charge >= 0.3 is 0 Å². The average molecular weight is 394 g/mol. The van der Waals surface area contributed by atoms with Gasteiger partial charge in [0.1, 0.15) is 29.0 Å². The van der Waals surface area contributed by atoms with Gasteiger partial charge in [-0.05, 0) is 36.4 Å². The lowest BCUT2D eigenvalue weighted by atomic mass is 10.1. The highest BCUT2D eigenvalue weighted by molar-refractivity contribution is 5.95. The van der Waals surface area contributed by atoms with Gasteiger partial charge in [0.25, 0.3) is 11.6 Å². The van der Waals surface area contributed by atoms with E-state index in [1.807, 2.05) is 0 Å². The maximum Gasteiger partial charge on any atom is 0.265 e. The maximum atomic E-state index is 13.2. The molecule has 2 heterocycles. The van der Waals surface area contributed by atoms with Crippen molar-refractivity contribution < 1.29 is 23.2 Å². The summed E-state index contributed by atoms with van der Waals surface area (Å²) in [5.41, 5.74) is 1.71. The van der Waals surface area contributed by atoms with Crippen LogP contribution in [-0.4, -0.2) is 34.7 Å². The van der Waals surface area contributed by atoms with Crippen molar-refractivity contribution in [2.75, 3.05) is 19.0 Å². The third-order valence-electron chi connectivity index (χ3n) is 4.08. The minimum Gasteiger partial charge on any atom is -0.495 e. The Morgan fingerprint density at radius 1 is 1.14 bits per heavy atom. The van der Waals surface area contributed by atoms with Crippen LogP contribution in [0.2, 0.25) is 0 Å². The van der Waals surface area contributed by atoms with Crippen LogP contribution in [0.5, 0.6) is 11.6 Å². The van der Waals surface area contributed by atoms with Crippen LogP contribution < -0.4 is 14.8 Å². The standard InChI is InChI=1S/C20H15FN4O4/c1-27-15-5-3-2-4-14(15)24-16(26)10-28-19-17-18(12-6-8-13(21)9-7-12)25-29-20(17)23-11-22-19/h2-9,11H,10H2,1H3,(H,24,26). The Labute approximate surface area is 164 Å². The first kappa shape index (κ1) is 18.4. The summed E-state index contributed by atoms with van der Waals surface area (Å²) >= 11 is 0. The molecule has 9 heteroatoms. The number of aromatic nitrogens is 3. The molecule has 0 atom stereocenters. The van der Waals surface area contributed by atoms with E-state index in [2.05, 4.69) is 20.4 Å². The van der Waals surface area contributed by atoms with Gasteiger partial charge in [-0.1, -0.05) is 17.3 Å². The van der Waals surface area contributed by atoms with E-state index in [-0.39, 0.29) is 24.0 Å². The van der Waals surface area contributed by atoms with Crippen molar-refractivity contribution in [2.45, 2.75) is 0 Å². The molecule has 1 N–H and O–H groups in total. The lowest BCUT2D eigenvalue weighted by Gasteiger charge is -2.10. The molecular formula is C20H15FN4O4. The largest absolute Gasteiger partial charge is 0.495 e. The lowest BCUT2D eigenvalue weighted by molar-refractivity contribution is -0.118. The zero-order valence-corrected chi connectivity index (χ0v) is 15.3. The predicted molar refractivity (Wildman–Crippen MR) is 102 cm³/mol. The van der Waals surface area contributed by atoms with E-state index in [1.165, 1.54) is 25.6 Å². The fourth-order valence-corrected chi connectivity index (χ4v) is 2.74. The van der Waals surface area contributed by atoms with Crippen LogP contribution >= 0.6 is 0 Å². The van der Waals surface area contributed by atoms with Gasteiger partial charge in [0, 0.05) is 5.56 Å². The average Bonchev–Trinajstić information content (AvgIpc) is 3.18. The minimum absolute atomic E-state index is 0.130. The third kappa shape index (κ3) is 3.84.